The van der Waals surface area contributed by atoms with Crippen molar-refractivity contribution < 1.29 is 23.7 Å². The Bertz CT molecular complexity index is 1940. The van der Waals surface area contributed by atoms with Crippen LogP contribution in [0.25, 0.3) is 6.08 Å². The van der Waals surface area contributed by atoms with Crippen LogP contribution < -0.4 is 29.1 Å². The summed E-state index contributed by atoms with van der Waals surface area (Å²) in [6.45, 7) is 4.91. The first-order valence-electron chi connectivity index (χ1n) is 13.6. The lowest BCUT2D eigenvalue weighted by Gasteiger charge is -2.23. The quantitative estimate of drug-likeness (QED) is 0.139. The number of ether oxygens (including phenoxy) is 4. The van der Waals surface area contributed by atoms with Gasteiger partial charge in [-0.05, 0) is 101 Å². The lowest BCUT2D eigenvalue weighted by molar-refractivity contribution is -0.136. The van der Waals surface area contributed by atoms with E-state index in [1.54, 1.807) is 18.2 Å². The van der Waals surface area contributed by atoms with Gasteiger partial charge in [0.1, 0.15) is 12.4 Å². The standard InChI is InChI=1S/C32H27ClI2N2O6S/c1-4-41-25-11-10-18(13-26(25)42-5-2)28-22(31(39)40-3)16-36-32-37(28)30(38)27(44-32)14-20-12-21(34)15-24(35)29(20)43-17-19-8-6-7-9-23(19)33/h6-16,28H,4-5,17H2,1-3H3/b27-14+/t28-/m0/s1. The van der Waals surface area contributed by atoms with Crippen molar-refractivity contribution in [1.82, 2.24) is 4.57 Å². The Morgan fingerprint density at radius 1 is 1.05 bits per heavy atom. The monoisotopic (exact) mass is 856 g/mol. The van der Waals surface area contributed by atoms with Gasteiger partial charge in [-0.25, -0.2) is 9.79 Å². The van der Waals surface area contributed by atoms with Gasteiger partial charge in [0.25, 0.3) is 5.56 Å². The predicted molar refractivity (Wildman–Crippen MR) is 188 cm³/mol. The number of esters is 1. The summed E-state index contributed by atoms with van der Waals surface area (Å²) in [5, 5.41) is 0.617. The lowest BCUT2D eigenvalue weighted by atomic mass is 9.97. The summed E-state index contributed by atoms with van der Waals surface area (Å²) in [5.41, 5.74) is 2.17. The van der Waals surface area contributed by atoms with Gasteiger partial charge in [0.2, 0.25) is 0 Å². The van der Waals surface area contributed by atoms with Gasteiger partial charge in [0.05, 0.1) is 40.0 Å². The van der Waals surface area contributed by atoms with Crippen LogP contribution in [0.5, 0.6) is 17.2 Å². The van der Waals surface area contributed by atoms with Crippen LogP contribution in [0.15, 0.2) is 76.2 Å². The maximum absolute atomic E-state index is 14.1. The number of halogens is 3. The molecular weight excluding hydrogens is 830 g/mol. The minimum Gasteiger partial charge on any atom is -0.490 e. The fourth-order valence-corrected chi connectivity index (χ4v) is 7.93. The van der Waals surface area contributed by atoms with E-state index in [0.717, 1.165) is 18.3 Å². The number of methoxy groups -OCH3 is 1. The number of aromatic nitrogens is 1. The largest absolute Gasteiger partial charge is 0.490 e. The molecule has 0 fully saturated rings. The van der Waals surface area contributed by atoms with Gasteiger partial charge in [-0.3, -0.25) is 9.36 Å². The lowest BCUT2D eigenvalue weighted by Crippen LogP contribution is -2.39. The average molecular weight is 857 g/mol. The summed E-state index contributed by atoms with van der Waals surface area (Å²) in [7, 11) is 1.30. The summed E-state index contributed by atoms with van der Waals surface area (Å²) < 4.78 is 26.8. The highest BCUT2D eigenvalue weighted by molar-refractivity contribution is 14.1. The van der Waals surface area contributed by atoms with E-state index in [-0.39, 0.29) is 17.7 Å². The number of nitrogens with zero attached hydrogens (tertiary/aromatic N) is 2. The fourth-order valence-electron chi connectivity index (χ4n) is 4.73. The van der Waals surface area contributed by atoms with E-state index in [2.05, 4.69) is 50.2 Å². The third-order valence-electron chi connectivity index (χ3n) is 6.66. The summed E-state index contributed by atoms with van der Waals surface area (Å²) in [4.78, 5) is 32.0. The highest BCUT2D eigenvalue weighted by atomic mass is 127. The van der Waals surface area contributed by atoms with Crippen LogP contribution in [0, 0.1) is 7.14 Å². The van der Waals surface area contributed by atoms with Gasteiger partial charge in [-0.1, -0.05) is 47.2 Å². The van der Waals surface area contributed by atoms with E-state index >= 15 is 0 Å². The van der Waals surface area contributed by atoms with Crippen molar-refractivity contribution in [1.29, 1.82) is 0 Å². The Morgan fingerprint density at radius 2 is 1.80 bits per heavy atom. The Morgan fingerprint density at radius 3 is 2.52 bits per heavy atom. The van der Waals surface area contributed by atoms with E-state index in [4.69, 9.17) is 30.5 Å². The molecule has 1 aliphatic heterocycles. The molecule has 4 aromatic rings. The van der Waals surface area contributed by atoms with E-state index in [1.165, 1.54) is 29.2 Å². The number of benzene rings is 3. The van der Waals surface area contributed by atoms with Crippen LogP contribution in [0.4, 0.5) is 0 Å². The molecule has 12 heteroatoms. The summed E-state index contributed by atoms with van der Waals surface area (Å²) >= 11 is 12.1. The molecule has 0 radical (unpaired) electrons. The van der Waals surface area contributed by atoms with E-state index in [1.807, 2.05) is 56.3 Å². The average Bonchev–Trinajstić information content (AvgIpc) is 3.32. The second-order valence-electron chi connectivity index (χ2n) is 9.43. The van der Waals surface area contributed by atoms with Gasteiger partial charge in [-0.15, -0.1) is 0 Å². The van der Waals surface area contributed by atoms with Crippen molar-refractivity contribution in [2.45, 2.75) is 26.5 Å². The Labute approximate surface area is 290 Å². The minimum atomic E-state index is -0.789. The molecular formula is C32H27ClI2N2O6S. The fraction of sp³-hybridized carbons (Fsp3) is 0.219. The Balaban J connectivity index is 1.63. The Kier molecular flexibility index (Phi) is 10.7. The van der Waals surface area contributed by atoms with Gasteiger partial charge >= 0.3 is 5.97 Å². The van der Waals surface area contributed by atoms with Crippen LogP contribution in [0.3, 0.4) is 0 Å². The van der Waals surface area contributed by atoms with E-state index in [0.29, 0.717) is 50.4 Å². The van der Waals surface area contributed by atoms with Crippen LogP contribution in [0.2, 0.25) is 5.02 Å². The first-order chi connectivity index (χ1) is 21.2. The third kappa shape index (κ3) is 6.85. The second kappa shape index (κ2) is 14.5. The molecule has 44 heavy (non-hydrogen) atoms. The van der Waals surface area contributed by atoms with Crippen molar-refractivity contribution in [2.24, 2.45) is 4.99 Å². The highest BCUT2D eigenvalue weighted by Gasteiger charge is 2.31. The molecule has 0 unspecified atom stereocenters. The van der Waals surface area contributed by atoms with Gasteiger partial charge < -0.3 is 18.9 Å². The molecule has 5 rings (SSSR count). The maximum Gasteiger partial charge on any atom is 0.337 e. The van der Waals surface area contributed by atoms with Crippen LogP contribution in [-0.4, -0.2) is 30.9 Å². The molecule has 1 aliphatic rings. The summed E-state index contributed by atoms with van der Waals surface area (Å²) in [6.07, 6.45) is 3.27. The number of hydrogen-bond acceptors (Lipinski definition) is 8. The van der Waals surface area contributed by atoms with Crippen molar-refractivity contribution >= 4 is 80.2 Å². The molecule has 8 nitrogen and oxygen atoms in total. The summed E-state index contributed by atoms with van der Waals surface area (Å²) in [5.74, 6) is 1.15. The van der Waals surface area contributed by atoms with Crippen LogP contribution >= 0.6 is 68.1 Å². The first-order valence-corrected chi connectivity index (χ1v) is 16.9. The molecule has 0 amide bonds. The molecule has 228 valence electrons. The van der Waals surface area contributed by atoms with Crippen molar-refractivity contribution in [3.8, 4) is 17.2 Å². The predicted octanol–water partition coefficient (Wildman–Crippen LogP) is 6.26. The number of carbonyl (C=O) groups is 1. The number of hydrogen-bond donors (Lipinski definition) is 0. The van der Waals surface area contributed by atoms with Gasteiger partial charge in [-0.2, -0.15) is 0 Å². The zero-order chi connectivity index (χ0) is 31.4. The molecule has 0 spiro atoms. The zero-order valence-corrected chi connectivity index (χ0v) is 29.8. The number of carbonyl (C=O) groups excluding carboxylic acids is 1. The molecule has 2 heterocycles. The van der Waals surface area contributed by atoms with Crippen molar-refractivity contribution in [3.05, 3.63) is 115 Å². The molecule has 0 aliphatic carbocycles. The Hall–Kier alpha value is -2.88. The van der Waals surface area contributed by atoms with Crippen molar-refractivity contribution in [3.63, 3.8) is 0 Å². The second-order valence-corrected chi connectivity index (χ2v) is 13.3. The normalized spacial score (nSPS) is 14.4. The maximum atomic E-state index is 14.1. The minimum absolute atomic E-state index is 0.227. The number of thiazole rings is 1. The molecule has 1 atom stereocenters. The smallest absolute Gasteiger partial charge is 0.337 e. The van der Waals surface area contributed by atoms with Gasteiger partial charge in [0.15, 0.2) is 16.3 Å². The first kappa shape index (κ1) is 32.5. The van der Waals surface area contributed by atoms with E-state index in [9.17, 15) is 9.59 Å². The topological polar surface area (TPSA) is 88.4 Å². The van der Waals surface area contributed by atoms with E-state index < -0.39 is 12.0 Å². The number of rotatable bonds is 10. The SMILES string of the molecule is CCOc1ccc([C@H]2C(C(=O)OC)=CN=c3s/c(=C/c4cc(I)cc(I)c4OCc4ccccc4Cl)c(=O)n32)cc1OCC. The van der Waals surface area contributed by atoms with Gasteiger partial charge in [0, 0.05) is 25.9 Å². The third-order valence-corrected chi connectivity index (χ3v) is 9.45. The molecule has 0 bridgehead atoms. The molecule has 0 saturated carbocycles. The summed E-state index contributed by atoms with van der Waals surface area (Å²) in [6, 6.07) is 16.1. The zero-order valence-electron chi connectivity index (χ0n) is 23.9. The molecule has 3 aromatic carbocycles. The molecule has 1 aromatic heterocycles. The van der Waals surface area contributed by atoms with Crippen LogP contribution in [0.1, 0.15) is 36.6 Å². The molecule has 0 saturated heterocycles. The molecule has 0 N–H and O–H groups in total. The van der Waals surface area contributed by atoms with Crippen molar-refractivity contribution in [2.75, 3.05) is 20.3 Å². The highest BCUT2D eigenvalue weighted by Crippen LogP contribution is 2.35. The van der Waals surface area contributed by atoms with Crippen LogP contribution in [-0.2, 0) is 16.1 Å². The number of fused-ring (bicyclic) bond motifs is 1.